The highest BCUT2D eigenvalue weighted by molar-refractivity contribution is 9.10. The topological polar surface area (TPSA) is 46.3 Å². The minimum absolute atomic E-state index is 0.0702. The van der Waals surface area contributed by atoms with Crippen LogP contribution in [0.3, 0.4) is 0 Å². The Labute approximate surface area is 121 Å². The van der Waals surface area contributed by atoms with Crippen molar-refractivity contribution in [3.63, 3.8) is 0 Å². The molecule has 1 aromatic rings. The zero-order valence-corrected chi connectivity index (χ0v) is 12.7. The first-order chi connectivity index (χ1) is 8.91. The van der Waals surface area contributed by atoms with Crippen LogP contribution in [0.15, 0.2) is 22.7 Å². The molecule has 0 saturated carbocycles. The van der Waals surface area contributed by atoms with Crippen molar-refractivity contribution in [2.45, 2.75) is 44.8 Å². The number of benzene rings is 1. The lowest BCUT2D eigenvalue weighted by molar-refractivity contribution is -0.139. The van der Waals surface area contributed by atoms with Gasteiger partial charge in [-0.3, -0.25) is 4.79 Å². The molecular formula is C14H18BrFN2O. The molecule has 19 heavy (non-hydrogen) atoms. The van der Waals surface area contributed by atoms with E-state index in [0.717, 1.165) is 5.56 Å². The summed E-state index contributed by atoms with van der Waals surface area (Å²) in [6.07, 6.45) is 1.14. The highest BCUT2D eigenvalue weighted by Gasteiger charge is 2.37. The number of carbonyl (C=O) groups excluding carboxylic acids is 1. The van der Waals surface area contributed by atoms with Crippen LogP contribution in [0.25, 0.3) is 0 Å². The summed E-state index contributed by atoms with van der Waals surface area (Å²) in [6, 6.07) is 4.28. The van der Waals surface area contributed by atoms with E-state index >= 15 is 0 Å². The predicted octanol–water partition coefficient (Wildman–Crippen LogP) is 2.99. The van der Waals surface area contributed by atoms with E-state index in [1.54, 1.807) is 6.07 Å². The Morgan fingerprint density at radius 1 is 1.47 bits per heavy atom. The zero-order chi connectivity index (χ0) is 14.2. The molecule has 5 heteroatoms. The van der Waals surface area contributed by atoms with Crippen molar-refractivity contribution in [2.75, 3.05) is 0 Å². The first-order valence-corrected chi connectivity index (χ1v) is 7.22. The maximum absolute atomic E-state index is 13.2. The molecule has 1 saturated heterocycles. The van der Waals surface area contributed by atoms with E-state index in [-0.39, 0.29) is 29.8 Å². The summed E-state index contributed by atoms with van der Waals surface area (Å²) in [7, 11) is 0. The molecule has 1 aliphatic rings. The van der Waals surface area contributed by atoms with Crippen LogP contribution in [-0.4, -0.2) is 22.9 Å². The van der Waals surface area contributed by atoms with Gasteiger partial charge in [0.15, 0.2) is 0 Å². The van der Waals surface area contributed by atoms with E-state index in [0.29, 0.717) is 17.3 Å². The van der Waals surface area contributed by atoms with Crippen LogP contribution in [0.5, 0.6) is 0 Å². The van der Waals surface area contributed by atoms with Gasteiger partial charge in [-0.2, -0.15) is 0 Å². The van der Waals surface area contributed by atoms with Gasteiger partial charge in [0.1, 0.15) is 5.82 Å². The summed E-state index contributed by atoms with van der Waals surface area (Å²) in [4.78, 5) is 13.9. The summed E-state index contributed by atoms with van der Waals surface area (Å²) in [5.74, 6) is -0.194. The van der Waals surface area contributed by atoms with Gasteiger partial charge in [0, 0.05) is 23.0 Å². The molecule has 0 radical (unpaired) electrons. The van der Waals surface area contributed by atoms with Crippen molar-refractivity contribution in [1.29, 1.82) is 0 Å². The van der Waals surface area contributed by atoms with Crippen molar-refractivity contribution >= 4 is 21.8 Å². The average Bonchev–Trinajstić information content (AvgIpc) is 2.32. The van der Waals surface area contributed by atoms with Gasteiger partial charge in [0.2, 0.25) is 5.91 Å². The molecule has 0 spiro atoms. The third-order valence-corrected chi connectivity index (χ3v) is 4.21. The predicted molar refractivity (Wildman–Crippen MR) is 76.0 cm³/mol. The van der Waals surface area contributed by atoms with Crippen molar-refractivity contribution in [3.05, 3.63) is 34.1 Å². The summed E-state index contributed by atoms with van der Waals surface area (Å²) in [6.45, 7) is 3.95. The average molecular weight is 329 g/mol. The molecule has 2 N–H and O–H groups in total. The van der Waals surface area contributed by atoms with Gasteiger partial charge in [-0.05, 0) is 38.0 Å². The fourth-order valence-electron chi connectivity index (χ4n) is 2.67. The molecule has 0 aliphatic carbocycles. The number of halogens is 2. The molecule has 104 valence electrons. The summed E-state index contributed by atoms with van der Waals surface area (Å²) < 4.78 is 13.9. The third kappa shape index (κ3) is 2.82. The molecule has 1 aromatic carbocycles. The monoisotopic (exact) mass is 328 g/mol. The van der Waals surface area contributed by atoms with Crippen LogP contribution in [0, 0.1) is 5.82 Å². The second kappa shape index (κ2) is 5.59. The summed E-state index contributed by atoms with van der Waals surface area (Å²) in [5.41, 5.74) is 7.07. The van der Waals surface area contributed by atoms with E-state index in [4.69, 9.17) is 5.73 Å². The lowest BCUT2D eigenvalue weighted by atomic mass is 9.89. The first-order valence-electron chi connectivity index (χ1n) is 6.43. The quantitative estimate of drug-likeness (QED) is 0.907. The highest BCUT2D eigenvalue weighted by atomic mass is 79.9. The highest BCUT2D eigenvalue weighted by Crippen LogP contribution is 2.36. The van der Waals surface area contributed by atoms with Crippen LogP contribution < -0.4 is 5.73 Å². The van der Waals surface area contributed by atoms with E-state index < -0.39 is 0 Å². The van der Waals surface area contributed by atoms with Crippen molar-refractivity contribution in [3.8, 4) is 0 Å². The molecule has 3 nitrogen and oxygen atoms in total. The van der Waals surface area contributed by atoms with E-state index in [1.165, 1.54) is 12.1 Å². The summed E-state index contributed by atoms with van der Waals surface area (Å²) >= 11 is 3.37. The molecule has 2 rings (SSSR count). The Bertz CT molecular complexity index is 492. The number of rotatable bonds is 2. The fourth-order valence-corrected chi connectivity index (χ4v) is 3.25. The fraction of sp³-hybridized carbons (Fsp3) is 0.500. The number of carbonyl (C=O) groups is 1. The van der Waals surface area contributed by atoms with Gasteiger partial charge >= 0.3 is 0 Å². The van der Waals surface area contributed by atoms with Crippen molar-refractivity contribution in [1.82, 2.24) is 4.90 Å². The Kier molecular flexibility index (Phi) is 4.26. The second-order valence-corrected chi connectivity index (χ2v) is 6.06. The number of nitrogens with zero attached hydrogens (tertiary/aromatic N) is 1. The van der Waals surface area contributed by atoms with Crippen molar-refractivity contribution in [2.24, 2.45) is 5.73 Å². The van der Waals surface area contributed by atoms with E-state index in [2.05, 4.69) is 15.9 Å². The molecule has 1 heterocycles. The van der Waals surface area contributed by atoms with Crippen LogP contribution in [-0.2, 0) is 4.79 Å². The third-order valence-electron chi connectivity index (χ3n) is 3.52. The lowest BCUT2D eigenvalue weighted by Crippen LogP contribution is -2.51. The number of nitrogens with two attached hydrogens (primary N) is 1. The van der Waals surface area contributed by atoms with Crippen LogP contribution in [0.1, 0.15) is 38.3 Å². The van der Waals surface area contributed by atoms with Crippen LogP contribution >= 0.6 is 15.9 Å². The largest absolute Gasteiger partial charge is 0.332 e. The zero-order valence-electron chi connectivity index (χ0n) is 11.1. The maximum Gasteiger partial charge on any atom is 0.223 e. The van der Waals surface area contributed by atoms with Gasteiger partial charge < -0.3 is 10.6 Å². The standard InChI is InChI=1S/C14H18BrFN2O/c1-8(2)18-13(19)6-5-12(17)14(18)10-4-3-9(16)7-11(10)15/h3-4,7-8,12,14H,5-6,17H2,1-2H3. The smallest absolute Gasteiger partial charge is 0.223 e. The van der Waals surface area contributed by atoms with Crippen molar-refractivity contribution < 1.29 is 9.18 Å². The molecule has 2 atom stereocenters. The maximum atomic E-state index is 13.2. The lowest BCUT2D eigenvalue weighted by Gasteiger charge is -2.42. The molecule has 0 aromatic heterocycles. The molecule has 1 fully saturated rings. The van der Waals surface area contributed by atoms with Gasteiger partial charge in [0.25, 0.3) is 0 Å². The normalized spacial score (nSPS) is 24.1. The second-order valence-electron chi connectivity index (χ2n) is 5.21. The molecular weight excluding hydrogens is 311 g/mol. The Hall–Kier alpha value is -0.940. The number of likely N-dealkylation sites (tertiary alicyclic amines) is 1. The number of hydrogen-bond acceptors (Lipinski definition) is 2. The summed E-state index contributed by atoms with van der Waals surface area (Å²) in [5, 5.41) is 0. The minimum atomic E-state index is -0.303. The number of hydrogen-bond donors (Lipinski definition) is 1. The number of piperidine rings is 1. The van der Waals surface area contributed by atoms with Gasteiger partial charge in [-0.25, -0.2) is 4.39 Å². The van der Waals surface area contributed by atoms with Gasteiger partial charge in [-0.15, -0.1) is 0 Å². The molecule has 0 bridgehead atoms. The van der Waals surface area contributed by atoms with Crippen LogP contribution in [0.4, 0.5) is 4.39 Å². The van der Waals surface area contributed by atoms with Gasteiger partial charge in [0.05, 0.1) is 6.04 Å². The van der Waals surface area contributed by atoms with E-state index in [9.17, 15) is 9.18 Å². The van der Waals surface area contributed by atoms with E-state index in [1.807, 2.05) is 18.7 Å². The Balaban J connectivity index is 2.45. The molecule has 1 amide bonds. The first kappa shape index (κ1) is 14.5. The molecule has 1 aliphatic heterocycles. The SMILES string of the molecule is CC(C)N1C(=O)CCC(N)C1c1ccc(F)cc1Br. The minimum Gasteiger partial charge on any atom is -0.332 e. The number of amides is 1. The molecule has 2 unspecified atom stereocenters. The Morgan fingerprint density at radius 3 is 2.74 bits per heavy atom. The van der Waals surface area contributed by atoms with Crippen LogP contribution in [0.2, 0.25) is 0 Å². The van der Waals surface area contributed by atoms with Gasteiger partial charge in [-0.1, -0.05) is 22.0 Å². The Morgan fingerprint density at radius 2 is 2.16 bits per heavy atom.